The van der Waals surface area contributed by atoms with Crippen LogP contribution < -0.4 is 19.9 Å². The quantitative estimate of drug-likeness (QED) is 0.563. The second kappa shape index (κ2) is 8.82. The number of methoxy groups -OCH3 is 1. The van der Waals surface area contributed by atoms with Crippen molar-refractivity contribution in [2.75, 3.05) is 26.1 Å². The van der Waals surface area contributed by atoms with E-state index in [0.717, 1.165) is 42.2 Å². The SMILES string of the molecule is COc1ccc(OCCCCCOc2ccc(N)cc2)cc1. The maximum atomic E-state index is 5.67. The zero-order valence-electron chi connectivity index (χ0n) is 13.0. The van der Waals surface area contributed by atoms with Gasteiger partial charge in [0.15, 0.2) is 0 Å². The van der Waals surface area contributed by atoms with E-state index < -0.39 is 0 Å². The van der Waals surface area contributed by atoms with Crippen molar-refractivity contribution < 1.29 is 14.2 Å². The van der Waals surface area contributed by atoms with E-state index >= 15 is 0 Å². The molecule has 0 aliphatic heterocycles. The summed E-state index contributed by atoms with van der Waals surface area (Å²) in [7, 11) is 1.66. The van der Waals surface area contributed by atoms with Crippen molar-refractivity contribution in [2.45, 2.75) is 19.3 Å². The number of benzene rings is 2. The van der Waals surface area contributed by atoms with Crippen molar-refractivity contribution in [3.8, 4) is 17.2 Å². The maximum Gasteiger partial charge on any atom is 0.119 e. The van der Waals surface area contributed by atoms with E-state index in [1.807, 2.05) is 48.5 Å². The number of anilines is 1. The van der Waals surface area contributed by atoms with Crippen molar-refractivity contribution in [1.82, 2.24) is 0 Å². The lowest BCUT2D eigenvalue weighted by atomic mass is 10.2. The first-order valence-electron chi connectivity index (χ1n) is 7.53. The van der Waals surface area contributed by atoms with Gasteiger partial charge in [-0.3, -0.25) is 0 Å². The van der Waals surface area contributed by atoms with E-state index in [9.17, 15) is 0 Å². The molecule has 0 bridgehead atoms. The molecule has 0 aliphatic carbocycles. The third-order valence-electron chi connectivity index (χ3n) is 3.27. The fraction of sp³-hybridized carbons (Fsp3) is 0.333. The van der Waals surface area contributed by atoms with Gasteiger partial charge in [-0.2, -0.15) is 0 Å². The third-order valence-corrected chi connectivity index (χ3v) is 3.27. The van der Waals surface area contributed by atoms with Crippen molar-refractivity contribution in [3.63, 3.8) is 0 Å². The van der Waals surface area contributed by atoms with Crippen LogP contribution in [0, 0.1) is 0 Å². The van der Waals surface area contributed by atoms with Gasteiger partial charge < -0.3 is 19.9 Å². The highest BCUT2D eigenvalue weighted by Gasteiger charge is 1.97. The monoisotopic (exact) mass is 301 g/mol. The topological polar surface area (TPSA) is 53.7 Å². The maximum absolute atomic E-state index is 5.67. The number of nitrogens with two attached hydrogens (primary N) is 1. The average Bonchev–Trinajstić information content (AvgIpc) is 2.56. The molecule has 2 aromatic rings. The molecule has 0 aliphatic rings. The number of ether oxygens (including phenoxy) is 3. The van der Waals surface area contributed by atoms with Crippen LogP contribution in [0.15, 0.2) is 48.5 Å². The van der Waals surface area contributed by atoms with Crippen molar-refractivity contribution in [3.05, 3.63) is 48.5 Å². The molecule has 2 rings (SSSR count). The number of hydrogen-bond acceptors (Lipinski definition) is 4. The van der Waals surface area contributed by atoms with Gasteiger partial charge in [0, 0.05) is 5.69 Å². The molecule has 2 aromatic carbocycles. The molecule has 0 atom stereocenters. The van der Waals surface area contributed by atoms with Crippen LogP contribution in [0.25, 0.3) is 0 Å². The summed E-state index contributed by atoms with van der Waals surface area (Å²) in [5, 5.41) is 0. The van der Waals surface area contributed by atoms with Crippen LogP contribution in [-0.4, -0.2) is 20.3 Å². The van der Waals surface area contributed by atoms with Crippen LogP contribution in [0.5, 0.6) is 17.2 Å². The average molecular weight is 301 g/mol. The fourth-order valence-corrected chi connectivity index (χ4v) is 2.00. The van der Waals surface area contributed by atoms with Gasteiger partial charge in [-0.05, 0) is 67.8 Å². The van der Waals surface area contributed by atoms with Crippen LogP contribution in [-0.2, 0) is 0 Å². The summed E-state index contributed by atoms with van der Waals surface area (Å²) in [6, 6.07) is 15.1. The minimum Gasteiger partial charge on any atom is -0.497 e. The first-order valence-corrected chi connectivity index (χ1v) is 7.53. The molecule has 0 unspecified atom stereocenters. The number of unbranched alkanes of at least 4 members (excludes halogenated alkanes) is 2. The molecule has 0 heterocycles. The Bertz CT molecular complexity index is 537. The Hall–Kier alpha value is -2.36. The largest absolute Gasteiger partial charge is 0.497 e. The molecular weight excluding hydrogens is 278 g/mol. The third kappa shape index (κ3) is 5.56. The summed E-state index contributed by atoms with van der Waals surface area (Å²) in [6.07, 6.45) is 3.10. The molecule has 2 N–H and O–H groups in total. The van der Waals surface area contributed by atoms with Gasteiger partial charge >= 0.3 is 0 Å². The van der Waals surface area contributed by atoms with Gasteiger partial charge in [-0.25, -0.2) is 0 Å². The van der Waals surface area contributed by atoms with Gasteiger partial charge in [0.05, 0.1) is 20.3 Å². The Kier molecular flexibility index (Phi) is 6.42. The molecule has 0 radical (unpaired) electrons. The Morgan fingerprint density at radius 3 is 1.64 bits per heavy atom. The van der Waals surface area contributed by atoms with Crippen LogP contribution >= 0.6 is 0 Å². The van der Waals surface area contributed by atoms with Crippen LogP contribution in [0.2, 0.25) is 0 Å². The molecule has 0 saturated carbocycles. The molecule has 4 nitrogen and oxygen atoms in total. The van der Waals surface area contributed by atoms with Crippen molar-refractivity contribution >= 4 is 5.69 Å². The number of hydrogen-bond donors (Lipinski definition) is 1. The van der Waals surface area contributed by atoms with Crippen LogP contribution in [0.1, 0.15) is 19.3 Å². The zero-order valence-corrected chi connectivity index (χ0v) is 13.0. The molecule has 4 heteroatoms. The molecule has 0 spiro atoms. The van der Waals surface area contributed by atoms with Gasteiger partial charge in [0.1, 0.15) is 17.2 Å². The molecule has 0 aromatic heterocycles. The van der Waals surface area contributed by atoms with Gasteiger partial charge in [0.2, 0.25) is 0 Å². The fourth-order valence-electron chi connectivity index (χ4n) is 2.00. The molecule has 22 heavy (non-hydrogen) atoms. The van der Waals surface area contributed by atoms with Gasteiger partial charge in [-0.15, -0.1) is 0 Å². The predicted octanol–water partition coefficient (Wildman–Crippen LogP) is 3.91. The standard InChI is InChI=1S/C18H23NO3/c1-20-16-9-11-18(12-10-16)22-14-4-2-3-13-21-17-7-5-15(19)6-8-17/h5-12H,2-4,13-14,19H2,1H3. The minimum absolute atomic E-state index is 0.715. The van der Waals surface area contributed by atoms with Gasteiger partial charge in [-0.1, -0.05) is 0 Å². The Morgan fingerprint density at radius 1 is 0.682 bits per heavy atom. The lowest BCUT2D eigenvalue weighted by Crippen LogP contribution is -2.01. The Balaban J connectivity index is 1.52. The summed E-state index contributed by atoms with van der Waals surface area (Å²) in [4.78, 5) is 0. The summed E-state index contributed by atoms with van der Waals surface area (Å²) in [6.45, 7) is 1.43. The summed E-state index contributed by atoms with van der Waals surface area (Å²) in [5.74, 6) is 2.58. The van der Waals surface area contributed by atoms with Crippen LogP contribution in [0.3, 0.4) is 0 Å². The smallest absolute Gasteiger partial charge is 0.119 e. The molecular formula is C18H23NO3. The second-order valence-electron chi connectivity index (χ2n) is 5.00. The molecule has 0 saturated heterocycles. The number of rotatable bonds is 9. The van der Waals surface area contributed by atoms with Crippen molar-refractivity contribution in [1.29, 1.82) is 0 Å². The van der Waals surface area contributed by atoms with Crippen LogP contribution in [0.4, 0.5) is 5.69 Å². The minimum atomic E-state index is 0.715. The van der Waals surface area contributed by atoms with Crippen molar-refractivity contribution in [2.24, 2.45) is 0 Å². The highest BCUT2D eigenvalue weighted by Crippen LogP contribution is 2.17. The van der Waals surface area contributed by atoms with E-state index in [1.165, 1.54) is 0 Å². The highest BCUT2D eigenvalue weighted by atomic mass is 16.5. The second-order valence-corrected chi connectivity index (χ2v) is 5.00. The molecule has 0 amide bonds. The predicted molar refractivity (Wildman–Crippen MR) is 88.7 cm³/mol. The first-order chi connectivity index (χ1) is 10.8. The Morgan fingerprint density at radius 2 is 1.14 bits per heavy atom. The lowest BCUT2D eigenvalue weighted by molar-refractivity contribution is 0.279. The lowest BCUT2D eigenvalue weighted by Gasteiger charge is -2.08. The summed E-state index contributed by atoms with van der Waals surface area (Å²) < 4.78 is 16.4. The van der Waals surface area contributed by atoms with E-state index in [4.69, 9.17) is 19.9 Å². The van der Waals surface area contributed by atoms with Gasteiger partial charge in [0.25, 0.3) is 0 Å². The summed E-state index contributed by atoms with van der Waals surface area (Å²) in [5.41, 5.74) is 6.38. The molecule has 118 valence electrons. The highest BCUT2D eigenvalue weighted by molar-refractivity contribution is 5.41. The zero-order chi connectivity index (χ0) is 15.6. The normalized spacial score (nSPS) is 10.2. The van der Waals surface area contributed by atoms with E-state index in [0.29, 0.717) is 13.2 Å². The van der Waals surface area contributed by atoms with E-state index in [1.54, 1.807) is 7.11 Å². The first kappa shape index (κ1) is 16.0. The Labute approximate surface area is 131 Å². The van der Waals surface area contributed by atoms with E-state index in [2.05, 4.69) is 0 Å². The molecule has 0 fully saturated rings. The number of nitrogen functional groups attached to an aromatic ring is 1. The summed E-state index contributed by atoms with van der Waals surface area (Å²) >= 11 is 0. The van der Waals surface area contributed by atoms with E-state index in [-0.39, 0.29) is 0 Å².